The van der Waals surface area contributed by atoms with Gasteiger partial charge in [0.05, 0.1) is 5.92 Å². The average molecular weight is 437 g/mol. The monoisotopic (exact) mass is 436 g/mol. The van der Waals surface area contributed by atoms with Crippen molar-refractivity contribution >= 4 is 23.4 Å². The Morgan fingerprint density at radius 2 is 1.71 bits per heavy atom. The number of carbonyl (C=O) groups is 2. The van der Waals surface area contributed by atoms with Crippen molar-refractivity contribution in [1.29, 1.82) is 0 Å². The molecule has 0 bridgehead atoms. The van der Waals surface area contributed by atoms with E-state index in [1.165, 1.54) is 12.1 Å². The van der Waals surface area contributed by atoms with Crippen molar-refractivity contribution in [2.75, 3.05) is 13.1 Å². The van der Waals surface area contributed by atoms with E-state index in [1.807, 2.05) is 30.3 Å². The maximum Gasteiger partial charge on any atom is 0.253 e. The number of nitrogens with zero attached hydrogens (tertiary/aromatic N) is 1. The van der Waals surface area contributed by atoms with Gasteiger partial charge in [0.25, 0.3) is 5.91 Å². The number of benzene rings is 3. The van der Waals surface area contributed by atoms with Crippen molar-refractivity contribution in [3.05, 3.63) is 106 Å². The van der Waals surface area contributed by atoms with Gasteiger partial charge in [-0.05, 0) is 41.5 Å². The first-order valence-electron chi connectivity index (χ1n) is 10.1. The highest BCUT2D eigenvalue weighted by atomic mass is 35.5. The molecule has 0 aliphatic carbocycles. The van der Waals surface area contributed by atoms with Gasteiger partial charge in [0.1, 0.15) is 5.82 Å². The minimum atomic E-state index is -0.383. The molecule has 31 heavy (non-hydrogen) atoms. The number of likely N-dealkylation sites (tertiary alicyclic amines) is 1. The number of nitrogens with one attached hydrogen (secondary N) is 1. The number of halogens is 2. The molecular weight excluding hydrogens is 415 g/mol. The van der Waals surface area contributed by atoms with E-state index in [1.54, 1.807) is 41.3 Å². The van der Waals surface area contributed by atoms with Crippen LogP contribution in [0.25, 0.3) is 0 Å². The molecule has 6 heteroatoms. The van der Waals surface area contributed by atoms with Crippen LogP contribution in [0.5, 0.6) is 0 Å². The molecule has 3 aromatic carbocycles. The lowest BCUT2D eigenvalue weighted by atomic mass is 9.88. The van der Waals surface area contributed by atoms with Crippen molar-refractivity contribution < 1.29 is 14.0 Å². The van der Waals surface area contributed by atoms with E-state index in [2.05, 4.69) is 5.32 Å². The molecule has 2 amide bonds. The number of amides is 2. The summed E-state index contributed by atoms with van der Waals surface area (Å²) >= 11 is 6.05. The summed E-state index contributed by atoms with van der Waals surface area (Å²) in [5, 5.41) is 3.45. The summed E-state index contributed by atoms with van der Waals surface area (Å²) in [6, 6.07) is 22.6. The van der Waals surface area contributed by atoms with Gasteiger partial charge in [-0.3, -0.25) is 9.59 Å². The van der Waals surface area contributed by atoms with Gasteiger partial charge in [-0.2, -0.15) is 0 Å². The van der Waals surface area contributed by atoms with Crippen molar-refractivity contribution in [1.82, 2.24) is 10.2 Å². The first-order valence-corrected chi connectivity index (χ1v) is 10.5. The largest absolute Gasteiger partial charge is 0.352 e. The van der Waals surface area contributed by atoms with Crippen molar-refractivity contribution in [3.8, 4) is 0 Å². The molecule has 0 spiro atoms. The van der Waals surface area contributed by atoms with Gasteiger partial charge in [-0.15, -0.1) is 0 Å². The predicted octanol–water partition coefficient (Wildman–Crippen LogP) is 4.65. The third-order valence-electron chi connectivity index (χ3n) is 5.62. The van der Waals surface area contributed by atoms with E-state index in [4.69, 9.17) is 11.6 Å². The summed E-state index contributed by atoms with van der Waals surface area (Å²) in [6.45, 7) is 1.07. The lowest BCUT2D eigenvalue weighted by molar-refractivity contribution is -0.125. The lowest BCUT2D eigenvalue weighted by Crippen LogP contribution is -2.35. The second-order valence-corrected chi connectivity index (χ2v) is 8.12. The van der Waals surface area contributed by atoms with Crippen LogP contribution in [0.3, 0.4) is 0 Å². The summed E-state index contributed by atoms with van der Waals surface area (Å²) in [7, 11) is 0. The molecule has 1 heterocycles. The highest BCUT2D eigenvalue weighted by molar-refractivity contribution is 6.30. The normalized spacial score (nSPS) is 18.1. The minimum absolute atomic E-state index is 0.113. The second-order valence-electron chi connectivity index (χ2n) is 7.69. The van der Waals surface area contributed by atoms with Gasteiger partial charge < -0.3 is 10.2 Å². The van der Waals surface area contributed by atoms with E-state index >= 15 is 0 Å². The molecule has 4 rings (SSSR count). The van der Waals surface area contributed by atoms with Crippen molar-refractivity contribution in [2.45, 2.75) is 12.5 Å². The topological polar surface area (TPSA) is 49.4 Å². The maximum atomic E-state index is 13.1. The number of carbonyl (C=O) groups excluding carboxylic acids is 2. The van der Waals surface area contributed by atoms with Gasteiger partial charge in [-0.1, -0.05) is 60.1 Å². The number of rotatable bonds is 5. The van der Waals surface area contributed by atoms with Gasteiger partial charge in [0.15, 0.2) is 0 Å². The zero-order chi connectivity index (χ0) is 21.8. The summed E-state index contributed by atoms with van der Waals surface area (Å²) in [5.41, 5.74) is 2.34. The third-order valence-corrected chi connectivity index (χ3v) is 5.86. The molecule has 158 valence electrons. The smallest absolute Gasteiger partial charge is 0.253 e. The molecule has 2 unspecified atom stereocenters. The quantitative estimate of drug-likeness (QED) is 0.632. The van der Waals surface area contributed by atoms with Gasteiger partial charge in [0.2, 0.25) is 5.91 Å². The van der Waals surface area contributed by atoms with Crippen LogP contribution >= 0.6 is 11.6 Å². The highest BCUT2D eigenvalue weighted by Crippen LogP contribution is 2.34. The number of hydrogen-bond acceptors (Lipinski definition) is 2. The molecule has 2 atom stereocenters. The van der Waals surface area contributed by atoms with E-state index in [0.29, 0.717) is 30.2 Å². The summed E-state index contributed by atoms with van der Waals surface area (Å²) < 4.78 is 13.1. The Hall–Kier alpha value is -3.18. The molecule has 0 saturated carbocycles. The van der Waals surface area contributed by atoms with Crippen LogP contribution in [-0.4, -0.2) is 29.8 Å². The molecule has 4 nitrogen and oxygen atoms in total. The molecule has 0 aromatic heterocycles. The molecule has 1 aliphatic heterocycles. The van der Waals surface area contributed by atoms with Gasteiger partial charge in [-0.25, -0.2) is 4.39 Å². The average Bonchev–Trinajstić information content (AvgIpc) is 3.24. The Morgan fingerprint density at radius 3 is 2.42 bits per heavy atom. The van der Waals surface area contributed by atoms with Crippen molar-refractivity contribution in [2.24, 2.45) is 5.92 Å². The Morgan fingerprint density at radius 1 is 0.968 bits per heavy atom. The summed E-state index contributed by atoms with van der Waals surface area (Å²) in [6.07, 6.45) is 0. The molecule has 1 aliphatic rings. The second kappa shape index (κ2) is 9.31. The maximum absolute atomic E-state index is 13.1. The molecule has 0 radical (unpaired) electrons. The van der Waals surface area contributed by atoms with Gasteiger partial charge in [0, 0.05) is 36.1 Å². The van der Waals surface area contributed by atoms with Crippen molar-refractivity contribution in [3.63, 3.8) is 0 Å². The zero-order valence-electron chi connectivity index (χ0n) is 16.8. The standard InChI is InChI=1S/C25H22ClFN2O2/c26-20-8-4-7-19(13-20)25(31)29-15-22(18-5-2-1-3-6-18)23(16-29)24(30)28-14-17-9-11-21(27)12-10-17/h1-13,22-23H,14-16H2,(H,28,30). The minimum Gasteiger partial charge on any atom is -0.352 e. The molecule has 1 N–H and O–H groups in total. The third kappa shape index (κ3) is 4.94. The first-order chi connectivity index (χ1) is 15.0. The van der Waals surface area contributed by atoms with Crippen LogP contribution in [0.15, 0.2) is 78.9 Å². The highest BCUT2D eigenvalue weighted by Gasteiger charge is 2.40. The van der Waals surface area contributed by atoms with E-state index in [0.717, 1.165) is 11.1 Å². The molecule has 1 fully saturated rings. The molecule has 1 saturated heterocycles. The SMILES string of the molecule is O=C(NCc1ccc(F)cc1)C1CN(C(=O)c2cccc(Cl)c2)CC1c1ccccc1. The fourth-order valence-electron chi connectivity index (χ4n) is 4.00. The number of hydrogen-bond donors (Lipinski definition) is 1. The molecular formula is C25H22ClFN2O2. The van der Waals surface area contributed by atoms with Crippen LogP contribution in [-0.2, 0) is 11.3 Å². The van der Waals surface area contributed by atoms with Crippen LogP contribution in [0.1, 0.15) is 27.4 Å². The fourth-order valence-corrected chi connectivity index (χ4v) is 4.19. The van der Waals surface area contributed by atoms with E-state index in [-0.39, 0.29) is 29.5 Å². The fraction of sp³-hybridized carbons (Fsp3) is 0.200. The lowest BCUT2D eigenvalue weighted by Gasteiger charge is -2.18. The Bertz CT molecular complexity index is 1070. The van der Waals surface area contributed by atoms with E-state index < -0.39 is 0 Å². The first kappa shape index (κ1) is 21.1. The molecule has 3 aromatic rings. The summed E-state index contributed by atoms with van der Waals surface area (Å²) in [5.74, 6) is -1.08. The van der Waals surface area contributed by atoms with Crippen LogP contribution in [0.4, 0.5) is 4.39 Å². The Labute approximate surface area is 185 Å². The Balaban J connectivity index is 1.52. The predicted molar refractivity (Wildman–Crippen MR) is 118 cm³/mol. The van der Waals surface area contributed by atoms with Crippen LogP contribution in [0.2, 0.25) is 5.02 Å². The Kier molecular flexibility index (Phi) is 6.33. The zero-order valence-corrected chi connectivity index (χ0v) is 17.6. The van der Waals surface area contributed by atoms with E-state index in [9.17, 15) is 14.0 Å². The van der Waals surface area contributed by atoms with Crippen LogP contribution in [0, 0.1) is 11.7 Å². The summed E-state index contributed by atoms with van der Waals surface area (Å²) in [4.78, 5) is 27.9. The van der Waals surface area contributed by atoms with Gasteiger partial charge >= 0.3 is 0 Å². The van der Waals surface area contributed by atoms with Crippen LogP contribution < -0.4 is 5.32 Å².